The summed E-state index contributed by atoms with van der Waals surface area (Å²) in [7, 11) is 3.06. The molecule has 0 radical (unpaired) electrons. The molecular formula is C14H20N2O4. The third-order valence-corrected chi connectivity index (χ3v) is 3.50. The average molecular weight is 280 g/mol. The van der Waals surface area contributed by atoms with Crippen LogP contribution >= 0.6 is 0 Å². The number of amides is 1. The van der Waals surface area contributed by atoms with E-state index in [-0.39, 0.29) is 11.9 Å². The molecule has 1 unspecified atom stereocenters. The normalized spacial score (nSPS) is 18.1. The molecule has 1 atom stereocenters. The molecule has 2 heterocycles. The Kier molecular flexibility index (Phi) is 4.44. The minimum atomic E-state index is -0.427. The van der Waals surface area contributed by atoms with E-state index in [1.165, 1.54) is 7.11 Å². The third-order valence-electron chi connectivity index (χ3n) is 3.50. The second-order valence-corrected chi connectivity index (χ2v) is 5.02. The maximum atomic E-state index is 12.2. The van der Waals surface area contributed by atoms with Gasteiger partial charge in [-0.15, -0.1) is 0 Å². The van der Waals surface area contributed by atoms with E-state index in [0.717, 1.165) is 19.4 Å². The molecule has 2 rings (SSSR count). The molecule has 20 heavy (non-hydrogen) atoms. The highest BCUT2D eigenvalue weighted by molar-refractivity contribution is 5.90. The van der Waals surface area contributed by atoms with Gasteiger partial charge in [-0.25, -0.2) is 4.79 Å². The van der Waals surface area contributed by atoms with Crippen LogP contribution in [0, 0.1) is 6.92 Å². The van der Waals surface area contributed by atoms with Crippen LogP contribution in [0.25, 0.3) is 0 Å². The van der Waals surface area contributed by atoms with Crippen molar-refractivity contribution >= 4 is 11.9 Å². The average Bonchev–Trinajstić information content (AvgIpc) is 3.06. The van der Waals surface area contributed by atoms with Crippen LogP contribution in [0.1, 0.15) is 34.7 Å². The van der Waals surface area contributed by atoms with Crippen molar-refractivity contribution in [3.63, 3.8) is 0 Å². The van der Waals surface area contributed by atoms with Gasteiger partial charge in [0.1, 0.15) is 17.1 Å². The molecule has 0 spiro atoms. The van der Waals surface area contributed by atoms with Gasteiger partial charge in [-0.3, -0.25) is 4.79 Å². The second-order valence-electron chi connectivity index (χ2n) is 5.02. The molecule has 0 aliphatic carbocycles. The maximum Gasteiger partial charge on any atom is 0.341 e. The zero-order valence-electron chi connectivity index (χ0n) is 12.1. The summed E-state index contributed by atoms with van der Waals surface area (Å²) >= 11 is 0. The number of hydrogen-bond acceptors (Lipinski definition) is 5. The molecule has 1 aliphatic rings. The van der Waals surface area contributed by atoms with Gasteiger partial charge in [-0.1, -0.05) is 0 Å². The Balaban J connectivity index is 2.02. The molecule has 1 aliphatic heterocycles. The van der Waals surface area contributed by atoms with E-state index in [0.29, 0.717) is 23.6 Å². The smallest absolute Gasteiger partial charge is 0.341 e. The molecule has 1 aromatic heterocycles. The standard InChI is InChI=1S/C14H20N2O4/c1-9-11(14(18)19-3)7-10(20-9)8-16(2)13(17)12-5-4-6-15-12/h7,12,15H,4-6,8H2,1-3H3. The van der Waals surface area contributed by atoms with Gasteiger partial charge in [-0.05, 0) is 32.4 Å². The zero-order valence-corrected chi connectivity index (χ0v) is 12.1. The number of rotatable bonds is 4. The highest BCUT2D eigenvalue weighted by atomic mass is 16.5. The van der Waals surface area contributed by atoms with E-state index in [9.17, 15) is 9.59 Å². The summed E-state index contributed by atoms with van der Waals surface area (Å²) in [6.07, 6.45) is 1.89. The highest BCUT2D eigenvalue weighted by Gasteiger charge is 2.26. The number of nitrogens with one attached hydrogen (secondary N) is 1. The Morgan fingerprint density at radius 3 is 2.90 bits per heavy atom. The Bertz CT molecular complexity index is 503. The number of esters is 1. The van der Waals surface area contributed by atoms with E-state index in [2.05, 4.69) is 10.1 Å². The van der Waals surface area contributed by atoms with Crippen molar-refractivity contribution in [2.24, 2.45) is 0 Å². The minimum absolute atomic E-state index is 0.0520. The number of carbonyl (C=O) groups excluding carboxylic acids is 2. The van der Waals surface area contributed by atoms with Gasteiger partial charge >= 0.3 is 5.97 Å². The number of nitrogens with zero attached hydrogens (tertiary/aromatic N) is 1. The zero-order chi connectivity index (χ0) is 14.7. The molecule has 0 bridgehead atoms. The van der Waals surface area contributed by atoms with Gasteiger partial charge in [0, 0.05) is 7.05 Å². The van der Waals surface area contributed by atoms with Crippen LogP contribution in [0.4, 0.5) is 0 Å². The number of ether oxygens (including phenoxy) is 1. The van der Waals surface area contributed by atoms with Gasteiger partial charge in [-0.2, -0.15) is 0 Å². The minimum Gasteiger partial charge on any atom is -0.465 e. The van der Waals surface area contributed by atoms with Crippen molar-refractivity contribution in [1.29, 1.82) is 0 Å². The van der Waals surface area contributed by atoms with Crippen molar-refractivity contribution in [3.05, 3.63) is 23.2 Å². The first-order valence-corrected chi connectivity index (χ1v) is 6.69. The molecule has 6 heteroatoms. The summed E-state index contributed by atoms with van der Waals surface area (Å²) in [5.74, 6) is 0.712. The van der Waals surface area contributed by atoms with E-state index >= 15 is 0 Å². The summed E-state index contributed by atoms with van der Waals surface area (Å²) in [6.45, 7) is 2.93. The number of carbonyl (C=O) groups is 2. The van der Waals surface area contributed by atoms with Crippen LogP contribution in [0.2, 0.25) is 0 Å². The maximum absolute atomic E-state index is 12.2. The predicted octanol–water partition coefficient (Wildman–Crippen LogP) is 1.09. The van der Waals surface area contributed by atoms with Gasteiger partial charge in [0.05, 0.1) is 19.7 Å². The van der Waals surface area contributed by atoms with E-state index in [1.54, 1.807) is 24.9 Å². The Morgan fingerprint density at radius 2 is 2.30 bits per heavy atom. The van der Waals surface area contributed by atoms with E-state index in [4.69, 9.17) is 4.42 Å². The Labute approximate surface area is 118 Å². The second kappa shape index (κ2) is 6.09. The lowest BCUT2D eigenvalue weighted by Gasteiger charge is -2.19. The van der Waals surface area contributed by atoms with Crippen LogP contribution in [0.3, 0.4) is 0 Å². The fourth-order valence-corrected chi connectivity index (χ4v) is 2.41. The van der Waals surface area contributed by atoms with E-state index < -0.39 is 5.97 Å². The molecule has 110 valence electrons. The fraction of sp³-hybridized carbons (Fsp3) is 0.571. The molecule has 0 saturated carbocycles. The third kappa shape index (κ3) is 3.01. The highest BCUT2D eigenvalue weighted by Crippen LogP contribution is 2.18. The molecule has 1 N–H and O–H groups in total. The first kappa shape index (κ1) is 14.6. The summed E-state index contributed by atoms with van der Waals surface area (Å²) in [5, 5.41) is 3.17. The van der Waals surface area contributed by atoms with Crippen LogP contribution in [-0.2, 0) is 16.1 Å². The van der Waals surface area contributed by atoms with Crippen molar-refractivity contribution in [3.8, 4) is 0 Å². The summed E-state index contributed by atoms with van der Waals surface area (Å²) < 4.78 is 10.2. The van der Waals surface area contributed by atoms with Crippen LogP contribution < -0.4 is 5.32 Å². The molecule has 1 saturated heterocycles. The molecule has 1 aromatic rings. The van der Waals surface area contributed by atoms with Crippen LogP contribution in [0.5, 0.6) is 0 Å². The van der Waals surface area contributed by atoms with Crippen molar-refractivity contribution in [2.75, 3.05) is 20.7 Å². The summed E-state index contributed by atoms with van der Waals surface area (Å²) in [6, 6.07) is 1.53. The quantitative estimate of drug-likeness (QED) is 0.836. The van der Waals surface area contributed by atoms with Crippen molar-refractivity contribution in [1.82, 2.24) is 10.2 Å². The summed E-state index contributed by atoms with van der Waals surface area (Å²) in [4.78, 5) is 25.3. The van der Waals surface area contributed by atoms with Gasteiger partial charge in [0.15, 0.2) is 0 Å². The van der Waals surface area contributed by atoms with Crippen molar-refractivity contribution < 1.29 is 18.7 Å². The number of furan rings is 1. The van der Waals surface area contributed by atoms with Crippen LogP contribution in [0.15, 0.2) is 10.5 Å². The lowest BCUT2D eigenvalue weighted by Crippen LogP contribution is -2.41. The largest absolute Gasteiger partial charge is 0.465 e. The molecule has 1 fully saturated rings. The lowest BCUT2D eigenvalue weighted by molar-refractivity contribution is -0.132. The number of methoxy groups -OCH3 is 1. The molecular weight excluding hydrogens is 260 g/mol. The number of aryl methyl sites for hydroxylation is 1. The van der Waals surface area contributed by atoms with Gasteiger partial charge < -0.3 is 19.4 Å². The SMILES string of the molecule is COC(=O)c1cc(CN(C)C(=O)C2CCCN2)oc1C. The van der Waals surface area contributed by atoms with Crippen molar-refractivity contribution in [2.45, 2.75) is 32.4 Å². The lowest BCUT2D eigenvalue weighted by atomic mass is 10.2. The van der Waals surface area contributed by atoms with Crippen LogP contribution in [-0.4, -0.2) is 43.5 Å². The van der Waals surface area contributed by atoms with Gasteiger partial charge in [0.25, 0.3) is 0 Å². The Hall–Kier alpha value is -1.82. The Morgan fingerprint density at radius 1 is 1.55 bits per heavy atom. The molecule has 6 nitrogen and oxygen atoms in total. The first-order valence-electron chi connectivity index (χ1n) is 6.69. The molecule has 0 aromatic carbocycles. The first-order chi connectivity index (χ1) is 9.52. The van der Waals surface area contributed by atoms with Gasteiger partial charge in [0.2, 0.25) is 5.91 Å². The topological polar surface area (TPSA) is 71.8 Å². The molecule has 1 amide bonds. The number of hydrogen-bond donors (Lipinski definition) is 1. The predicted molar refractivity (Wildman–Crippen MR) is 72.3 cm³/mol. The number of likely N-dealkylation sites (N-methyl/N-ethyl adjacent to an activating group) is 1. The summed E-state index contributed by atoms with van der Waals surface area (Å²) in [5.41, 5.74) is 0.405. The monoisotopic (exact) mass is 280 g/mol. The fourth-order valence-electron chi connectivity index (χ4n) is 2.41. The van der Waals surface area contributed by atoms with E-state index in [1.807, 2.05) is 0 Å².